The molecule has 8 nitrogen and oxygen atoms in total. The first-order chi connectivity index (χ1) is 15.3. The maximum Gasteiger partial charge on any atom is 0.242 e. The van der Waals surface area contributed by atoms with Crippen LogP contribution < -0.4 is 24.2 Å². The van der Waals surface area contributed by atoms with E-state index in [-0.39, 0.29) is 10.6 Å². The predicted octanol–water partition coefficient (Wildman–Crippen LogP) is 3.80. The predicted molar refractivity (Wildman–Crippen MR) is 121 cm³/mol. The molecule has 0 aliphatic heterocycles. The molecule has 1 atom stereocenters. The first-order valence-corrected chi connectivity index (χ1v) is 11.2. The zero-order valence-corrected chi connectivity index (χ0v) is 18.7. The number of ether oxygens (including phenoxy) is 3. The van der Waals surface area contributed by atoms with Crippen molar-refractivity contribution in [1.82, 2.24) is 4.72 Å². The van der Waals surface area contributed by atoms with Crippen molar-refractivity contribution in [2.24, 2.45) is 0 Å². The van der Waals surface area contributed by atoms with E-state index in [0.29, 0.717) is 22.9 Å². The van der Waals surface area contributed by atoms with Crippen molar-refractivity contribution in [1.29, 1.82) is 0 Å². The Balaban J connectivity index is 1.73. The van der Waals surface area contributed by atoms with Gasteiger partial charge in [0.05, 0.1) is 30.8 Å². The third-order valence-corrected chi connectivity index (χ3v) is 6.04. The van der Waals surface area contributed by atoms with Crippen molar-refractivity contribution >= 4 is 21.6 Å². The van der Waals surface area contributed by atoms with Crippen molar-refractivity contribution < 1.29 is 27.4 Å². The summed E-state index contributed by atoms with van der Waals surface area (Å²) in [5, 5.41) is 2.71. The van der Waals surface area contributed by atoms with Gasteiger partial charge in [-0.3, -0.25) is 4.79 Å². The van der Waals surface area contributed by atoms with Crippen LogP contribution in [0.5, 0.6) is 23.0 Å². The number of sulfonamides is 1. The summed E-state index contributed by atoms with van der Waals surface area (Å²) in [4.78, 5) is 12.7. The van der Waals surface area contributed by atoms with Crippen LogP contribution in [0, 0.1) is 0 Å². The molecule has 0 radical (unpaired) electrons. The minimum Gasteiger partial charge on any atom is -0.493 e. The summed E-state index contributed by atoms with van der Waals surface area (Å²) in [5.74, 6) is 1.16. The highest BCUT2D eigenvalue weighted by Crippen LogP contribution is 2.30. The SMILES string of the molecule is COc1ccc(S(=O)(=O)N[C@@H](C)C(=O)Nc2ccccc2Oc2ccccc2)cc1OC. The van der Waals surface area contributed by atoms with E-state index in [2.05, 4.69) is 10.0 Å². The largest absolute Gasteiger partial charge is 0.493 e. The van der Waals surface area contributed by atoms with E-state index < -0.39 is 22.0 Å². The summed E-state index contributed by atoms with van der Waals surface area (Å²) < 4.78 is 44.0. The first-order valence-electron chi connectivity index (χ1n) is 9.71. The number of methoxy groups -OCH3 is 2. The smallest absolute Gasteiger partial charge is 0.242 e. The number of amides is 1. The third-order valence-electron chi connectivity index (χ3n) is 4.51. The lowest BCUT2D eigenvalue weighted by Crippen LogP contribution is -2.41. The van der Waals surface area contributed by atoms with Gasteiger partial charge < -0.3 is 19.5 Å². The second-order valence-electron chi connectivity index (χ2n) is 6.76. The highest BCUT2D eigenvalue weighted by Gasteiger charge is 2.24. The summed E-state index contributed by atoms with van der Waals surface area (Å²) in [7, 11) is -1.13. The van der Waals surface area contributed by atoms with Gasteiger partial charge in [-0.2, -0.15) is 4.72 Å². The van der Waals surface area contributed by atoms with Crippen molar-refractivity contribution in [2.45, 2.75) is 17.9 Å². The van der Waals surface area contributed by atoms with Crippen molar-refractivity contribution in [3.05, 3.63) is 72.8 Å². The molecule has 0 heterocycles. The number of hydrogen-bond acceptors (Lipinski definition) is 6. The molecule has 3 rings (SSSR count). The van der Waals surface area contributed by atoms with E-state index in [1.165, 1.54) is 39.3 Å². The second kappa shape index (κ2) is 10.2. The van der Waals surface area contributed by atoms with Crippen LogP contribution in [-0.4, -0.2) is 34.6 Å². The lowest BCUT2D eigenvalue weighted by Gasteiger charge is -2.17. The molecule has 0 saturated heterocycles. The highest BCUT2D eigenvalue weighted by molar-refractivity contribution is 7.89. The van der Waals surface area contributed by atoms with Crippen molar-refractivity contribution in [3.63, 3.8) is 0 Å². The Bertz CT molecular complexity index is 1180. The fourth-order valence-corrected chi connectivity index (χ4v) is 4.07. The number of benzene rings is 3. The molecule has 3 aromatic rings. The van der Waals surface area contributed by atoms with Gasteiger partial charge in [0, 0.05) is 6.07 Å². The van der Waals surface area contributed by atoms with Crippen LogP contribution in [0.15, 0.2) is 77.7 Å². The molecule has 2 N–H and O–H groups in total. The van der Waals surface area contributed by atoms with Crippen LogP contribution in [0.25, 0.3) is 0 Å². The molecule has 3 aromatic carbocycles. The molecule has 0 fully saturated rings. The van der Waals surface area contributed by atoms with Crippen LogP contribution >= 0.6 is 0 Å². The monoisotopic (exact) mass is 456 g/mol. The molecular formula is C23H24N2O6S. The van der Waals surface area contributed by atoms with Crippen LogP contribution in [0.1, 0.15) is 6.92 Å². The Labute approximate surface area is 187 Å². The zero-order chi connectivity index (χ0) is 23.1. The van der Waals surface area contributed by atoms with Gasteiger partial charge in [-0.1, -0.05) is 30.3 Å². The van der Waals surface area contributed by atoms with E-state index in [0.717, 1.165) is 0 Å². The summed E-state index contributed by atoms with van der Waals surface area (Å²) in [6.45, 7) is 1.45. The minimum absolute atomic E-state index is 0.0531. The number of hydrogen-bond donors (Lipinski definition) is 2. The van der Waals surface area contributed by atoms with E-state index in [1.807, 2.05) is 18.2 Å². The molecule has 0 aromatic heterocycles. The van der Waals surface area contributed by atoms with E-state index in [4.69, 9.17) is 14.2 Å². The minimum atomic E-state index is -3.99. The Hall–Kier alpha value is -3.56. The van der Waals surface area contributed by atoms with Gasteiger partial charge in [-0.15, -0.1) is 0 Å². The van der Waals surface area contributed by atoms with Crippen molar-refractivity contribution in [2.75, 3.05) is 19.5 Å². The first kappa shape index (κ1) is 23.1. The Kier molecular flexibility index (Phi) is 7.34. The molecule has 32 heavy (non-hydrogen) atoms. The van der Waals surface area contributed by atoms with E-state index in [9.17, 15) is 13.2 Å². The molecule has 0 spiro atoms. The van der Waals surface area contributed by atoms with Crippen LogP contribution in [0.4, 0.5) is 5.69 Å². The summed E-state index contributed by atoms with van der Waals surface area (Å²) in [5.41, 5.74) is 0.415. The maximum atomic E-state index is 12.8. The fourth-order valence-electron chi connectivity index (χ4n) is 2.85. The quantitative estimate of drug-likeness (QED) is 0.508. The molecule has 1 amide bonds. The highest BCUT2D eigenvalue weighted by atomic mass is 32.2. The normalized spacial score (nSPS) is 12.0. The third kappa shape index (κ3) is 5.57. The number of rotatable bonds is 9. The molecule has 0 unspecified atom stereocenters. The average molecular weight is 457 g/mol. The molecule has 168 valence electrons. The zero-order valence-electron chi connectivity index (χ0n) is 17.9. The summed E-state index contributed by atoms with van der Waals surface area (Å²) in [6, 6.07) is 19.1. The molecule has 9 heteroatoms. The Morgan fingerprint density at radius 2 is 1.50 bits per heavy atom. The number of para-hydroxylation sites is 3. The lowest BCUT2D eigenvalue weighted by atomic mass is 10.2. The van der Waals surface area contributed by atoms with Gasteiger partial charge in [0.1, 0.15) is 5.75 Å². The van der Waals surface area contributed by atoms with Gasteiger partial charge in [0.15, 0.2) is 17.2 Å². The Morgan fingerprint density at radius 1 is 0.844 bits per heavy atom. The maximum absolute atomic E-state index is 12.8. The fraction of sp³-hybridized carbons (Fsp3) is 0.174. The number of nitrogens with one attached hydrogen (secondary N) is 2. The van der Waals surface area contributed by atoms with Gasteiger partial charge >= 0.3 is 0 Å². The number of carbonyl (C=O) groups is 1. The Morgan fingerprint density at radius 3 is 2.19 bits per heavy atom. The van der Waals surface area contributed by atoms with Gasteiger partial charge in [-0.05, 0) is 43.3 Å². The second-order valence-corrected chi connectivity index (χ2v) is 8.47. The standard InChI is InChI=1S/C23H24N2O6S/c1-16(25-32(27,28)18-13-14-21(29-2)22(15-18)30-3)23(26)24-19-11-7-8-12-20(19)31-17-9-5-4-6-10-17/h4-16,25H,1-3H3,(H,24,26)/t16-/m0/s1. The van der Waals surface area contributed by atoms with Crippen LogP contribution in [0.3, 0.4) is 0 Å². The average Bonchev–Trinajstić information content (AvgIpc) is 2.80. The molecule has 0 aliphatic carbocycles. The van der Waals surface area contributed by atoms with E-state index >= 15 is 0 Å². The van der Waals surface area contributed by atoms with Gasteiger partial charge in [0.25, 0.3) is 0 Å². The van der Waals surface area contributed by atoms with Crippen LogP contribution in [0.2, 0.25) is 0 Å². The topological polar surface area (TPSA) is 103 Å². The van der Waals surface area contributed by atoms with E-state index in [1.54, 1.807) is 36.4 Å². The van der Waals surface area contributed by atoms with Gasteiger partial charge in [0.2, 0.25) is 15.9 Å². The lowest BCUT2D eigenvalue weighted by molar-refractivity contribution is -0.117. The molecule has 0 saturated carbocycles. The summed E-state index contributed by atoms with van der Waals surface area (Å²) in [6.07, 6.45) is 0. The molecule has 0 bridgehead atoms. The van der Waals surface area contributed by atoms with Gasteiger partial charge in [-0.25, -0.2) is 8.42 Å². The van der Waals surface area contributed by atoms with Crippen molar-refractivity contribution in [3.8, 4) is 23.0 Å². The number of anilines is 1. The number of carbonyl (C=O) groups excluding carboxylic acids is 1. The molecule has 0 aliphatic rings. The summed E-state index contributed by atoms with van der Waals surface area (Å²) >= 11 is 0. The van der Waals surface area contributed by atoms with Crippen LogP contribution in [-0.2, 0) is 14.8 Å². The molecular weight excluding hydrogens is 432 g/mol.